The van der Waals surface area contributed by atoms with E-state index in [0.717, 1.165) is 5.69 Å². The summed E-state index contributed by atoms with van der Waals surface area (Å²) in [5.74, 6) is 0.107. The predicted octanol–water partition coefficient (Wildman–Crippen LogP) is 1.76. The lowest BCUT2D eigenvalue weighted by atomic mass is 10.1. The number of aliphatic hydroxyl groups is 1. The highest BCUT2D eigenvalue weighted by molar-refractivity contribution is 5.94. The third-order valence-electron chi connectivity index (χ3n) is 4.04. The monoisotopic (exact) mass is 335 g/mol. The van der Waals surface area contributed by atoms with Crippen LogP contribution in [0, 0.1) is 5.92 Å². The molecule has 0 aliphatic heterocycles. The lowest BCUT2D eigenvalue weighted by Crippen LogP contribution is -2.39. The minimum absolute atomic E-state index is 0.0632. The van der Waals surface area contributed by atoms with Crippen molar-refractivity contribution < 1.29 is 14.7 Å². The molecule has 6 heteroatoms. The standard InChI is InChI=1S/C18H29N3O3/c1-5-15(11-22)21-18(24)14-6-8-16(9-7-14)19-10-17(23)20-13(4)12(2)3/h6-9,12-13,15,19,22H,5,10-11H2,1-4H3,(H,20,23)(H,21,24)/t13-,15+/m1/s1. The Morgan fingerprint density at radius 3 is 2.21 bits per heavy atom. The zero-order chi connectivity index (χ0) is 18.1. The van der Waals surface area contributed by atoms with Gasteiger partial charge in [-0.3, -0.25) is 9.59 Å². The lowest BCUT2D eigenvalue weighted by molar-refractivity contribution is -0.120. The van der Waals surface area contributed by atoms with Crippen molar-refractivity contribution in [2.45, 2.75) is 46.2 Å². The molecule has 0 unspecified atom stereocenters. The highest BCUT2D eigenvalue weighted by Gasteiger charge is 2.12. The van der Waals surface area contributed by atoms with Crippen LogP contribution < -0.4 is 16.0 Å². The van der Waals surface area contributed by atoms with Gasteiger partial charge in [-0.25, -0.2) is 0 Å². The minimum Gasteiger partial charge on any atom is -0.394 e. The molecule has 0 aliphatic rings. The van der Waals surface area contributed by atoms with Gasteiger partial charge in [-0.05, 0) is 43.5 Å². The normalized spacial score (nSPS) is 13.2. The SMILES string of the molecule is CC[C@@H](CO)NC(=O)c1ccc(NCC(=O)N[C@H](C)C(C)C)cc1. The Balaban J connectivity index is 2.50. The van der Waals surface area contributed by atoms with E-state index in [9.17, 15) is 9.59 Å². The molecule has 2 atom stereocenters. The van der Waals surface area contributed by atoms with E-state index in [4.69, 9.17) is 5.11 Å². The zero-order valence-electron chi connectivity index (χ0n) is 14.9. The first-order valence-electron chi connectivity index (χ1n) is 8.42. The van der Waals surface area contributed by atoms with Gasteiger partial charge >= 0.3 is 0 Å². The highest BCUT2D eigenvalue weighted by atomic mass is 16.3. The summed E-state index contributed by atoms with van der Waals surface area (Å²) in [6.45, 7) is 8.10. The van der Waals surface area contributed by atoms with Gasteiger partial charge in [0.2, 0.25) is 5.91 Å². The van der Waals surface area contributed by atoms with Crippen molar-refractivity contribution in [1.29, 1.82) is 0 Å². The molecular weight excluding hydrogens is 306 g/mol. The van der Waals surface area contributed by atoms with E-state index in [2.05, 4.69) is 29.8 Å². The Kier molecular flexibility index (Phi) is 8.26. The van der Waals surface area contributed by atoms with E-state index in [-0.39, 0.29) is 37.0 Å². The van der Waals surface area contributed by atoms with Crippen LogP contribution in [-0.2, 0) is 4.79 Å². The van der Waals surface area contributed by atoms with Gasteiger partial charge in [0.25, 0.3) is 5.91 Å². The van der Waals surface area contributed by atoms with E-state index in [1.807, 2.05) is 13.8 Å². The largest absolute Gasteiger partial charge is 0.394 e. The molecule has 2 amide bonds. The summed E-state index contributed by atoms with van der Waals surface area (Å²) in [5, 5.41) is 17.8. The maximum absolute atomic E-state index is 12.0. The highest BCUT2D eigenvalue weighted by Crippen LogP contribution is 2.10. The van der Waals surface area contributed by atoms with Crippen LogP contribution in [0.5, 0.6) is 0 Å². The number of rotatable bonds is 9. The summed E-state index contributed by atoms with van der Waals surface area (Å²) in [6, 6.07) is 6.79. The predicted molar refractivity (Wildman–Crippen MR) is 96.0 cm³/mol. The number of hydrogen-bond acceptors (Lipinski definition) is 4. The van der Waals surface area contributed by atoms with Gasteiger partial charge < -0.3 is 21.1 Å². The molecule has 0 saturated heterocycles. The zero-order valence-corrected chi connectivity index (χ0v) is 14.9. The lowest BCUT2D eigenvalue weighted by Gasteiger charge is -2.18. The Morgan fingerprint density at radius 1 is 1.08 bits per heavy atom. The quantitative estimate of drug-likeness (QED) is 0.553. The molecule has 1 rings (SSSR count). The number of benzene rings is 1. The molecule has 0 fully saturated rings. The first-order chi connectivity index (χ1) is 11.4. The number of carbonyl (C=O) groups excluding carboxylic acids is 2. The molecule has 4 N–H and O–H groups in total. The number of amides is 2. The summed E-state index contributed by atoms with van der Waals surface area (Å²) >= 11 is 0. The van der Waals surface area contributed by atoms with Crippen molar-refractivity contribution >= 4 is 17.5 Å². The average Bonchev–Trinajstić information content (AvgIpc) is 2.57. The topological polar surface area (TPSA) is 90.5 Å². The summed E-state index contributed by atoms with van der Waals surface area (Å²) in [4.78, 5) is 23.9. The molecule has 0 radical (unpaired) electrons. The molecule has 0 heterocycles. The average molecular weight is 335 g/mol. The smallest absolute Gasteiger partial charge is 0.251 e. The number of aliphatic hydroxyl groups excluding tert-OH is 1. The molecule has 0 aromatic heterocycles. The van der Waals surface area contributed by atoms with Crippen LogP contribution in [0.4, 0.5) is 5.69 Å². The maximum atomic E-state index is 12.0. The molecule has 6 nitrogen and oxygen atoms in total. The summed E-state index contributed by atoms with van der Waals surface area (Å²) in [5.41, 5.74) is 1.29. The minimum atomic E-state index is -0.234. The van der Waals surface area contributed by atoms with Crippen molar-refractivity contribution in [3.8, 4) is 0 Å². The Bertz CT molecular complexity index is 525. The molecule has 0 aliphatic carbocycles. The molecule has 24 heavy (non-hydrogen) atoms. The molecule has 0 saturated carbocycles. The number of nitrogens with one attached hydrogen (secondary N) is 3. The Morgan fingerprint density at radius 2 is 1.71 bits per heavy atom. The number of anilines is 1. The van der Waals surface area contributed by atoms with Crippen LogP contribution in [-0.4, -0.2) is 42.2 Å². The first kappa shape index (κ1) is 20.0. The second-order valence-electron chi connectivity index (χ2n) is 6.29. The summed E-state index contributed by atoms with van der Waals surface area (Å²) in [7, 11) is 0. The van der Waals surface area contributed by atoms with Crippen LogP contribution >= 0.6 is 0 Å². The van der Waals surface area contributed by atoms with Crippen LogP contribution in [0.3, 0.4) is 0 Å². The van der Waals surface area contributed by atoms with Crippen LogP contribution in [0.1, 0.15) is 44.5 Å². The van der Waals surface area contributed by atoms with E-state index < -0.39 is 0 Å². The van der Waals surface area contributed by atoms with Crippen LogP contribution in [0.2, 0.25) is 0 Å². The van der Waals surface area contributed by atoms with Gasteiger partial charge in [0.15, 0.2) is 0 Å². The fourth-order valence-corrected chi connectivity index (χ4v) is 1.94. The van der Waals surface area contributed by atoms with E-state index >= 15 is 0 Å². The molecule has 0 spiro atoms. The van der Waals surface area contributed by atoms with Crippen molar-refractivity contribution in [2.75, 3.05) is 18.5 Å². The Hall–Kier alpha value is -2.08. The third kappa shape index (κ3) is 6.58. The van der Waals surface area contributed by atoms with Crippen LogP contribution in [0.15, 0.2) is 24.3 Å². The third-order valence-corrected chi connectivity index (χ3v) is 4.04. The van der Waals surface area contributed by atoms with Gasteiger partial charge in [0.1, 0.15) is 0 Å². The van der Waals surface area contributed by atoms with Crippen molar-refractivity contribution in [2.24, 2.45) is 5.92 Å². The van der Waals surface area contributed by atoms with E-state index in [1.165, 1.54) is 0 Å². The van der Waals surface area contributed by atoms with Crippen molar-refractivity contribution in [1.82, 2.24) is 10.6 Å². The first-order valence-corrected chi connectivity index (χ1v) is 8.42. The van der Waals surface area contributed by atoms with Gasteiger partial charge in [0.05, 0.1) is 19.2 Å². The van der Waals surface area contributed by atoms with Gasteiger partial charge in [0, 0.05) is 17.3 Å². The van der Waals surface area contributed by atoms with Crippen molar-refractivity contribution in [3.05, 3.63) is 29.8 Å². The summed E-state index contributed by atoms with van der Waals surface area (Å²) < 4.78 is 0. The molecule has 1 aromatic carbocycles. The summed E-state index contributed by atoms with van der Waals surface area (Å²) in [6.07, 6.45) is 0.672. The number of carbonyl (C=O) groups is 2. The fraction of sp³-hybridized carbons (Fsp3) is 0.556. The second kappa shape index (κ2) is 9.93. The Labute approximate surface area is 144 Å². The van der Waals surface area contributed by atoms with Gasteiger partial charge in [-0.15, -0.1) is 0 Å². The van der Waals surface area contributed by atoms with Gasteiger partial charge in [-0.1, -0.05) is 20.8 Å². The van der Waals surface area contributed by atoms with E-state index in [1.54, 1.807) is 24.3 Å². The fourth-order valence-electron chi connectivity index (χ4n) is 1.94. The van der Waals surface area contributed by atoms with E-state index in [0.29, 0.717) is 17.9 Å². The van der Waals surface area contributed by atoms with Gasteiger partial charge in [-0.2, -0.15) is 0 Å². The van der Waals surface area contributed by atoms with Crippen LogP contribution in [0.25, 0.3) is 0 Å². The second-order valence-corrected chi connectivity index (χ2v) is 6.29. The molecular formula is C18H29N3O3. The van der Waals surface area contributed by atoms with Crippen molar-refractivity contribution in [3.63, 3.8) is 0 Å². The molecule has 1 aromatic rings. The molecule has 134 valence electrons. The number of hydrogen-bond donors (Lipinski definition) is 4. The molecule has 0 bridgehead atoms. The maximum Gasteiger partial charge on any atom is 0.251 e.